The van der Waals surface area contributed by atoms with Gasteiger partial charge >= 0.3 is 5.97 Å². The lowest BCUT2D eigenvalue weighted by Crippen LogP contribution is -2.05. The molecule has 1 aromatic carbocycles. The largest absolute Gasteiger partial charge is 0.493 e. The Morgan fingerprint density at radius 1 is 1.67 bits per heavy atom. The molecule has 1 heterocycles. The molecule has 5 heteroatoms. The molecule has 0 saturated carbocycles. The van der Waals surface area contributed by atoms with Gasteiger partial charge in [-0.15, -0.1) is 0 Å². The molecule has 0 aliphatic carbocycles. The fraction of sp³-hybridized carbons (Fsp3) is 0.462. The SMILES string of the molecule is COc1cc(CCC(=O)O)c(Br)c2c1OC(C)C2. The summed E-state index contributed by atoms with van der Waals surface area (Å²) in [5, 5.41) is 8.76. The smallest absolute Gasteiger partial charge is 0.303 e. The van der Waals surface area contributed by atoms with Crippen molar-refractivity contribution in [1.82, 2.24) is 0 Å². The zero-order chi connectivity index (χ0) is 13.3. The lowest BCUT2D eigenvalue weighted by atomic mass is 10.0. The van der Waals surface area contributed by atoms with Crippen molar-refractivity contribution in [1.29, 1.82) is 0 Å². The third-order valence-electron chi connectivity index (χ3n) is 2.99. The number of aliphatic carboxylic acids is 1. The Balaban J connectivity index is 2.38. The van der Waals surface area contributed by atoms with Crippen molar-refractivity contribution in [2.45, 2.75) is 32.3 Å². The fourth-order valence-corrected chi connectivity index (χ4v) is 2.80. The first-order chi connectivity index (χ1) is 8.52. The third-order valence-corrected chi connectivity index (χ3v) is 3.98. The summed E-state index contributed by atoms with van der Waals surface area (Å²) in [6.07, 6.45) is 1.53. The van der Waals surface area contributed by atoms with E-state index in [2.05, 4.69) is 15.9 Å². The van der Waals surface area contributed by atoms with E-state index in [4.69, 9.17) is 14.6 Å². The van der Waals surface area contributed by atoms with Crippen LogP contribution in [-0.4, -0.2) is 24.3 Å². The van der Waals surface area contributed by atoms with Crippen molar-refractivity contribution in [3.05, 3.63) is 21.7 Å². The Kier molecular flexibility index (Phi) is 3.80. The molecule has 0 bridgehead atoms. The van der Waals surface area contributed by atoms with E-state index in [1.54, 1.807) is 7.11 Å². The van der Waals surface area contributed by atoms with Gasteiger partial charge in [0, 0.05) is 22.9 Å². The molecule has 98 valence electrons. The molecule has 18 heavy (non-hydrogen) atoms. The number of halogens is 1. The highest BCUT2D eigenvalue weighted by atomic mass is 79.9. The molecule has 1 aliphatic heterocycles. The first kappa shape index (κ1) is 13.2. The van der Waals surface area contributed by atoms with E-state index in [0.29, 0.717) is 12.2 Å². The van der Waals surface area contributed by atoms with Crippen LogP contribution in [0.25, 0.3) is 0 Å². The molecule has 1 atom stereocenters. The van der Waals surface area contributed by atoms with Gasteiger partial charge in [0.05, 0.1) is 7.11 Å². The van der Waals surface area contributed by atoms with E-state index >= 15 is 0 Å². The Labute approximate surface area is 114 Å². The van der Waals surface area contributed by atoms with Gasteiger partial charge in [-0.25, -0.2) is 0 Å². The maximum absolute atomic E-state index is 10.7. The molecule has 0 saturated heterocycles. The summed E-state index contributed by atoms with van der Waals surface area (Å²) in [5.41, 5.74) is 2.02. The standard InChI is InChI=1S/C13H15BrO4/c1-7-5-9-12(14)8(3-4-11(15)16)6-10(17-2)13(9)18-7/h6-7H,3-5H2,1-2H3,(H,15,16). The number of hydrogen-bond acceptors (Lipinski definition) is 3. The van der Waals surface area contributed by atoms with Gasteiger partial charge in [-0.05, 0) is 25.0 Å². The van der Waals surface area contributed by atoms with Gasteiger partial charge in [-0.1, -0.05) is 15.9 Å². The first-order valence-corrected chi connectivity index (χ1v) is 6.59. The molecular weight excluding hydrogens is 300 g/mol. The van der Waals surface area contributed by atoms with Crippen molar-refractivity contribution >= 4 is 21.9 Å². The second-order valence-electron chi connectivity index (χ2n) is 4.39. The maximum atomic E-state index is 10.7. The van der Waals surface area contributed by atoms with Gasteiger partial charge in [-0.3, -0.25) is 4.79 Å². The summed E-state index contributed by atoms with van der Waals surface area (Å²) in [4.78, 5) is 10.7. The highest BCUT2D eigenvalue weighted by Crippen LogP contribution is 2.44. The van der Waals surface area contributed by atoms with Crippen LogP contribution < -0.4 is 9.47 Å². The summed E-state index contributed by atoms with van der Waals surface area (Å²) >= 11 is 3.54. The lowest BCUT2D eigenvalue weighted by Gasteiger charge is -2.12. The molecule has 1 N–H and O–H groups in total. The number of fused-ring (bicyclic) bond motifs is 1. The molecule has 0 spiro atoms. The van der Waals surface area contributed by atoms with Crippen LogP contribution in [0, 0.1) is 0 Å². The normalized spacial score (nSPS) is 17.2. The number of methoxy groups -OCH3 is 1. The van der Waals surface area contributed by atoms with Crippen LogP contribution in [0.3, 0.4) is 0 Å². The van der Waals surface area contributed by atoms with E-state index in [-0.39, 0.29) is 12.5 Å². The predicted molar refractivity (Wildman–Crippen MR) is 70.4 cm³/mol. The molecule has 1 aliphatic rings. The number of carbonyl (C=O) groups is 1. The molecule has 0 aromatic heterocycles. The first-order valence-electron chi connectivity index (χ1n) is 5.79. The van der Waals surface area contributed by atoms with Gasteiger partial charge in [-0.2, -0.15) is 0 Å². The van der Waals surface area contributed by atoms with Gasteiger partial charge in [0.25, 0.3) is 0 Å². The van der Waals surface area contributed by atoms with Gasteiger partial charge < -0.3 is 14.6 Å². The Morgan fingerprint density at radius 2 is 2.39 bits per heavy atom. The van der Waals surface area contributed by atoms with Crippen molar-refractivity contribution in [2.75, 3.05) is 7.11 Å². The summed E-state index contributed by atoms with van der Waals surface area (Å²) in [6.45, 7) is 2.00. The van der Waals surface area contributed by atoms with E-state index in [0.717, 1.165) is 27.8 Å². The van der Waals surface area contributed by atoms with Crippen LogP contribution in [0.2, 0.25) is 0 Å². The number of aryl methyl sites for hydroxylation is 1. The second-order valence-corrected chi connectivity index (χ2v) is 5.18. The van der Waals surface area contributed by atoms with Gasteiger partial charge in [0.1, 0.15) is 6.10 Å². The van der Waals surface area contributed by atoms with Gasteiger partial charge in [0.15, 0.2) is 11.5 Å². The highest BCUT2D eigenvalue weighted by Gasteiger charge is 2.27. The van der Waals surface area contributed by atoms with Crippen molar-refractivity contribution in [2.24, 2.45) is 0 Å². The van der Waals surface area contributed by atoms with Crippen molar-refractivity contribution in [3.63, 3.8) is 0 Å². The molecular formula is C13H15BrO4. The lowest BCUT2D eigenvalue weighted by molar-refractivity contribution is -0.136. The molecule has 1 unspecified atom stereocenters. The highest BCUT2D eigenvalue weighted by molar-refractivity contribution is 9.10. The Morgan fingerprint density at radius 3 is 3.00 bits per heavy atom. The topological polar surface area (TPSA) is 55.8 Å². The van der Waals surface area contributed by atoms with Crippen LogP contribution in [0.5, 0.6) is 11.5 Å². The van der Waals surface area contributed by atoms with E-state index in [1.165, 1.54) is 0 Å². The molecule has 2 rings (SSSR count). The average Bonchev–Trinajstić information content (AvgIpc) is 2.70. The van der Waals surface area contributed by atoms with Gasteiger partial charge in [0.2, 0.25) is 0 Å². The second kappa shape index (κ2) is 5.18. The van der Waals surface area contributed by atoms with E-state index in [9.17, 15) is 4.79 Å². The minimum absolute atomic E-state index is 0.108. The van der Waals surface area contributed by atoms with Crippen molar-refractivity contribution < 1.29 is 19.4 Å². The Bertz CT molecular complexity index is 484. The third kappa shape index (κ3) is 2.46. The van der Waals surface area contributed by atoms with E-state index < -0.39 is 5.97 Å². The number of benzene rings is 1. The van der Waals surface area contributed by atoms with E-state index in [1.807, 2.05) is 13.0 Å². The average molecular weight is 315 g/mol. The minimum Gasteiger partial charge on any atom is -0.493 e. The van der Waals surface area contributed by atoms with Crippen molar-refractivity contribution in [3.8, 4) is 11.5 Å². The van der Waals surface area contributed by atoms with Crippen LogP contribution in [0.1, 0.15) is 24.5 Å². The summed E-state index contributed by atoms with van der Waals surface area (Å²) < 4.78 is 12.0. The van der Waals surface area contributed by atoms with Crippen LogP contribution in [0.4, 0.5) is 0 Å². The maximum Gasteiger partial charge on any atom is 0.303 e. The number of ether oxygens (including phenoxy) is 2. The molecule has 0 fully saturated rings. The fourth-order valence-electron chi connectivity index (χ4n) is 2.15. The van der Waals surface area contributed by atoms with Crippen LogP contribution >= 0.6 is 15.9 Å². The molecule has 4 nitrogen and oxygen atoms in total. The zero-order valence-corrected chi connectivity index (χ0v) is 11.9. The number of carboxylic acid groups (broad SMARTS) is 1. The quantitative estimate of drug-likeness (QED) is 0.928. The number of rotatable bonds is 4. The summed E-state index contributed by atoms with van der Waals surface area (Å²) in [5.74, 6) is 0.653. The zero-order valence-electron chi connectivity index (χ0n) is 10.3. The number of carboxylic acids is 1. The van der Waals surface area contributed by atoms with Crippen LogP contribution in [-0.2, 0) is 17.6 Å². The predicted octanol–water partition coefficient (Wildman–Crippen LogP) is 2.80. The molecule has 0 radical (unpaired) electrons. The molecule has 0 amide bonds. The molecule has 1 aromatic rings. The van der Waals surface area contributed by atoms with Crippen LogP contribution in [0.15, 0.2) is 10.5 Å². The summed E-state index contributed by atoms with van der Waals surface area (Å²) in [7, 11) is 1.59. The summed E-state index contributed by atoms with van der Waals surface area (Å²) in [6, 6.07) is 1.85. The Hall–Kier alpha value is -1.23. The number of hydrogen-bond donors (Lipinski definition) is 1. The minimum atomic E-state index is -0.800. The monoisotopic (exact) mass is 314 g/mol.